The summed E-state index contributed by atoms with van der Waals surface area (Å²) in [5.74, 6) is -9.78. The molecule has 2 rings (SSSR count). The molecule has 1 aromatic carbocycles. The number of halogens is 5. The maximum atomic E-state index is 13.6. The van der Waals surface area contributed by atoms with Gasteiger partial charge in [-0.3, -0.25) is 0 Å². The lowest BCUT2D eigenvalue weighted by Crippen LogP contribution is -2.18. The second-order valence-electron chi connectivity index (χ2n) is 4.12. The van der Waals surface area contributed by atoms with Crippen LogP contribution in [-0.4, -0.2) is 0 Å². The molecule has 0 radical (unpaired) electrons. The predicted molar refractivity (Wildman–Crippen MR) is 60.3 cm³/mol. The molecule has 0 aliphatic rings. The van der Waals surface area contributed by atoms with Gasteiger partial charge in [-0.15, -0.1) is 0 Å². The fourth-order valence-electron chi connectivity index (χ4n) is 1.79. The monoisotopic (exact) mass is 291 g/mol. The molecule has 2 nitrogen and oxygen atoms in total. The van der Waals surface area contributed by atoms with Gasteiger partial charge < -0.3 is 10.2 Å². The Morgan fingerprint density at radius 2 is 1.45 bits per heavy atom. The normalized spacial score (nSPS) is 12.8. The third-order valence-corrected chi connectivity index (χ3v) is 2.89. The number of benzene rings is 1. The van der Waals surface area contributed by atoms with Crippen molar-refractivity contribution in [2.45, 2.75) is 19.4 Å². The van der Waals surface area contributed by atoms with Crippen molar-refractivity contribution in [1.29, 1.82) is 0 Å². The molecule has 0 aliphatic heterocycles. The highest BCUT2D eigenvalue weighted by Crippen LogP contribution is 2.30. The van der Waals surface area contributed by atoms with E-state index in [-0.39, 0.29) is 5.76 Å². The Bertz CT molecular complexity index is 623. The van der Waals surface area contributed by atoms with Gasteiger partial charge in [0, 0.05) is 6.42 Å². The summed E-state index contributed by atoms with van der Waals surface area (Å²) in [6.45, 7) is 1.77. The van der Waals surface area contributed by atoms with Gasteiger partial charge in [-0.1, -0.05) is 6.92 Å². The first kappa shape index (κ1) is 14.5. The van der Waals surface area contributed by atoms with Crippen LogP contribution in [0, 0.1) is 29.1 Å². The predicted octanol–water partition coefficient (Wildman–Crippen LogP) is 3.59. The number of hydrogen-bond acceptors (Lipinski definition) is 2. The molecular formula is C13H10F5NO. The van der Waals surface area contributed by atoms with Crippen LogP contribution in [-0.2, 0) is 6.42 Å². The van der Waals surface area contributed by atoms with E-state index in [1.807, 2.05) is 0 Å². The van der Waals surface area contributed by atoms with Crippen LogP contribution >= 0.6 is 0 Å². The van der Waals surface area contributed by atoms with Crippen molar-refractivity contribution in [2.75, 3.05) is 0 Å². The molecule has 0 saturated heterocycles. The van der Waals surface area contributed by atoms with Gasteiger partial charge in [0.05, 0.1) is 11.6 Å². The van der Waals surface area contributed by atoms with E-state index in [1.165, 1.54) is 12.1 Å². The van der Waals surface area contributed by atoms with Gasteiger partial charge in [0.1, 0.15) is 11.5 Å². The van der Waals surface area contributed by atoms with E-state index < -0.39 is 40.7 Å². The second kappa shape index (κ2) is 5.24. The fourth-order valence-corrected chi connectivity index (χ4v) is 1.79. The highest BCUT2D eigenvalue weighted by atomic mass is 19.2. The zero-order chi connectivity index (χ0) is 15.0. The van der Waals surface area contributed by atoms with Crippen molar-refractivity contribution in [1.82, 2.24) is 0 Å². The molecule has 1 unspecified atom stereocenters. The Hall–Kier alpha value is -1.89. The molecule has 0 spiro atoms. The topological polar surface area (TPSA) is 39.2 Å². The maximum Gasteiger partial charge on any atom is 0.200 e. The van der Waals surface area contributed by atoms with E-state index in [0.29, 0.717) is 12.2 Å². The maximum absolute atomic E-state index is 13.6. The van der Waals surface area contributed by atoms with Gasteiger partial charge >= 0.3 is 0 Å². The molecule has 7 heteroatoms. The first-order chi connectivity index (χ1) is 9.38. The van der Waals surface area contributed by atoms with Crippen LogP contribution in [0.5, 0.6) is 0 Å². The minimum atomic E-state index is -2.22. The summed E-state index contributed by atoms with van der Waals surface area (Å²) < 4.78 is 71.5. The lowest BCUT2D eigenvalue weighted by molar-refractivity contribution is 0.360. The third-order valence-electron chi connectivity index (χ3n) is 2.89. The zero-order valence-corrected chi connectivity index (χ0v) is 10.3. The Morgan fingerprint density at radius 1 is 0.950 bits per heavy atom. The van der Waals surface area contributed by atoms with Crippen LogP contribution < -0.4 is 5.73 Å². The van der Waals surface area contributed by atoms with Crippen LogP contribution in [0.4, 0.5) is 22.0 Å². The molecule has 2 N–H and O–H groups in total. The molecule has 1 heterocycles. The van der Waals surface area contributed by atoms with E-state index >= 15 is 0 Å². The van der Waals surface area contributed by atoms with Gasteiger partial charge in [-0.05, 0) is 12.1 Å². The van der Waals surface area contributed by atoms with Gasteiger partial charge in [0.25, 0.3) is 0 Å². The Morgan fingerprint density at radius 3 is 1.90 bits per heavy atom. The van der Waals surface area contributed by atoms with Crippen LogP contribution in [0.3, 0.4) is 0 Å². The van der Waals surface area contributed by atoms with Gasteiger partial charge in [0.2, 0.25) is 5.82 Å². The summed E-state index contributed by atoms with van der Waals surface area (Å²) in [6, 6.07) is 1.27. The number of aryl methyl sites for hydroxylation is 1. The average molecular weight is 291 g/mol. The Labute approximate surface area is 111 Å². The molecule has 0 fully saturated rings. The molecule has 0 bridgehead atoms. The first-order valence-corrected chi connectivity index (χ1v) is 5.74. The number of rotatable bonds is 3. The molecule has 1 atom stereocenters. The van der Waals surface area contributed by atoms with Crippen molar-refractivity contribution >= 4 is 0 Å². The minimum absolute atomic E-state index is 0.0786. The van der Waals surface area contributed by atoms with Crippen LogP contribution in [0.25, 0.3) is 0 Å². The molecule has 2 aromatic rings. The Balaban J connectivity index is 2.57. The quantitative estimate of drug-likeness (QED) is 0.533. The van der Waals surface area contributed by atoms with Crippen molar-refractivity contribution < 1.29 is 26.4 Å². The van der Waals surface area contributed by atoms with E-state index in [1.54, 1.807) is 6.92 Å². The summed E-state index contributed by atoms with van der Waals surface area (Å²) in [5, 5.41) is 0. The van der Waals surface area contributed by atoms with Gasteiger partial charge in [-0.2, -0.15) is 0 Å². The number of furan rings is 1. The van der Waals surface area contributed by atoms with E-state index in [9.17, 15) is 22.0 Å². The first-order valence-electron chi connectivity index (χ1n) is 5.74. The highest BCUT2D eigenvalue weighted by Gasteiger charge is 2.30. The van der Waals surface area contributed by atoms with Crippen molar-refractivity contribution in [3.05, 3.63) is 58.3 Å². The molecule has 20 heavy (non-hydrogen) atoms. The lowest BCUT2D eigenvalue weighted by atomic mass is 10.0. The molecule has 0 saturated carbocycles. The second-order valence-corrected chi connectivity index (χ2v) is 4.12. The molecule has 1 aromatic heterocycles. The standard InChI is InChI=1S/C13H10F5NO/c1-2-5-3-4-6(20-5)13(19)7-8(14)10(16)12(18)11(17)9(7)15/h3-4,13H,2,19H2,1H3. The fraction of sp³-hybridized carbons (Fsp3) is 0.231. The van der Waals surface area contributed by atoms with Crippen molar-refractivity contribution in [2.24, 2.45) is 5.73 Å². The van der Waals surface area contributed by atoms with Crippen LogP contribution in [0.1, 0.15) is 30.0 Å². The summed E-state index contributed by atoms with van der Waals surface area (Å²) in [7, 11) is 0. The number of hydrogen-bond donors (Lipinski definition) is 1. The minimum Gasteiger partial charge on any atom is -0.464 e. The molecule has 0 amide bonds. The largest absolute Gasteiger partial charge is 0.464 e. The smallest absolute Gasteiger partial charge is 0.200 e. The summed E-state index contributed by atoms with van der Waals surface area (Å²) >= 11 is 0. The molecule has 0 aliphatic carbocycles. The van der Waals surface area contributed by atoms with Crippen molar-refractivity contribution in [3.63, 3.8) is 0 Å². The van der Waals surface area contributed by atoms with Crippen LogP contribution in [0.2, 0.25) is 0 Å². The van der Waals surface area contributed by atoms with Gasteiger partial charge in [0.15, 0.2) is 23.3 Å². The van der Waals surface area contributed by atoms with E-state index in [2.05, 4.69) is 0 Å². The summed E-state index contributed by atoms with van der Waals surface area (Å²) in [6.07, 6.45) is 0.504. The number of nitrogens with two attached hydrogens (primary N) is 1. The van der Waals surface area contributed by atoms with Crippen LogP contribution in [0.15, 0.2) is 16.5 Å². The molecular weight excluding hydrogens is 281 g/mol. The van der Waals surface area contributed by atoms with E-state index in [0.717, 1.165) is 0 Å². The molecule has 108 valence electrons. The SMILES string of the molecule is CCc1ccc(C(N)c2c(F)c(F)c(F)c(F)c2F)o1. The average Bonchev–Trinajstić information content (AvgIpc) is 2.92. The third kappa shape index (κ3) is 2.18. The van der Waals surface area contributed by atoms with Gasteiger partial charge in [-0.25, -0.2) is 22.0 Å². The summed E-state index contributed by atoms with van der Waals surface area (Å²) in [4.78, 5) is 0. The zero-order valence-electron chi connectivity index (χ0n) is 10.3. The summed E-state index contributed by atoms with van der Waals surface area (Å²) in [5.41, 5.74) is 4.43. The Kier molecular flexibility index (Phi) is 3.80. The highest BCUT2D eigenvalue weighted by molar-refractivity contribution is 5.32. The van der Waals surface area contributed by atoms with Crippen molar-refractivity contribution in [3.8, 4) is 0 Å². The van der Waals surface area contributed by atoms with E-state index in [4.69, 9.17) is 10.2 Å². The lowest BCUT2D eigenvalue weighted by Gasteiger charge is -2.13.